The summed E-state index contributed by atoms with van der Waals surface area (Å²) in [5.41, 5.74) is 0.0975. The van der Waals surface area contributed by atoms with Crippen molar-refractivity contribution in [3.05, 3.63) is 41.7 Å². The van der Waals surface area contributed by atoms with Crippen LogP contribution in [0.1, 0.15) is 19.7 Å². The predicted octanol–water partition coefficient (Wildman–Crippen LogP) is 2.43. The van der Waals surface area contributed by atoms with E-state index < -0.39 is 17.5 Å². The first-order valence-electron chi connectivity index (χ1n) is 6.23. The van der Waals surface area contributed by atoms with Gasteiger partial charge >= 0.3 is 0 Å². The maximum Gasteiger partial charge on any atom is 0.194 e. The molecular weight excluding hydrogens is 269 g/mol. The van der Waals surface area contributed by atoms with Crippen LogP contribution in [-0.2, 0) is 6.54 Å². The number of rotatable bonds is 5. The molecule has 1 N–H and O–H groups in total. The summed E-state index contributed by atoms with van der Waals surface area (Å²) in [6.07, 6.45) is 1.28. The zero-order valence-corrected chi connectivity index (χ0v) is 11.2. The van der Waals surface area contributed by atoms with Crippen molar-refractivity contribution in [3.63, 3.8) is 0 Å². The van der Waals surface area contributed by atoms with E-state index >= 15 is 0 Å². The van der Waals surface area contributed by atoms with Gasteiger partial charge in [-0.15, -0.1) is 0 Å². The monoisotopic (exact) mass is 284 g/mol. The summed E-state index contributed by atoms with van der Waals surface area (Å²) in [6.45, 7) is 5.29. The van der Waals surface area contributed by atoms with Crippen molar-refractivity contribution in [1.29, 1.82) is 0 Å². The van der Waals surface area contributed by atoms with Crippen LogP contribution in [0.5, 0.6) is 0 Å². The number of nitrogens with one attached hydrogen (secondary N) is 1. The summed E-state index contributed by atoms with van der Waals surface area (Å²) in [6, 6.07) is 1.78. The van der Waals surface area contributed by atoms with Crippen molar-refractivity contribution < 1.29 is 13.2 Å². The molecule has 7 heteroatoms. The van der Waals surface area contributed by atoms with Crippen molar-refractivity contribution in [1.82, 2.24) is 20.1 Å². The van der Waals surface area contributed by atoms with Crippen LogP contribution in [-0.4, -0.2) is 21.3 Å². The minimum absolute atomic E-state index is 0.0975. The molecule has 0 atom stereocenters. The molecule has 0 aliphatic rings. The van der Waals surface area contributed by atoms with E-state index in [1.165, 1.54) is 11.0 Å². The van der Waals surface area contributed by atoms with Crippen molar-refractivity contribution >= 4 is 0 Å². The number of halogens is 3. The molecule has 0 spiro atoms. The second-order valence-corrected chi connectivity index (χ2v) is 4.84. The van der Waals surface area contributed by atoms with Crippen molar-refractivity contribution in [2.45, 2.75) is 20.4 Å². The van der Waals surface area contributed by atoms with Gasteiger partial charge in [-0.25, -0.2) is 22.8 Å². The molecule has 0 amide bonds. The van der Waals surface area contributed by atoms with Crippen LogP contribution in [0.15, 0.2) is 18.5 Å². The molecule has 4 nitrogen and oxygen atoms in total. The Bertz CT molecular complexity index is 572. The van der Waals surface area contributed by atoms with E-state index in [-0.39, 0.29) is 5.69 Å². The number of hydrogen-bond acceptors (Lipinski definition) is 3. The minimum Gasteiger partial charge on any atom is -0.310 e. The normalized spacial score (nSPS) is 11.3. The van der Waals surface area contributed by atoms with Gasteiger partial charge in [-0.1, -0.05) is 13.8 Å². The van der Waals surface area contributed by atoms with Gasteiger partial charge in [-0.3, -0.25) is 0 Å². The van der Waals surface area contributed by atoms with Gasteiger partial charge in [0.25, 0.3) is 0 Å². The Kier molecular flexibility index (Phi) is 4.39. The Labute approximate surface area is 114 Å². The van der Waals surface area contributed by atoms with E-state index in [4.69, 9.17) is 0 Å². The highest BCUT2D eigenvalue weighted by Crippen LogP contribution is 2.17. The predicted molar refractivity (Wildman–Crippen MR) is 67.8 cm³/mol. The number of aromatic nitrogens is 3. The highest BCUT2D eigenvalue weighted by Gasteiger charge is 2.14. The lowest BCUT2D eigenvalue weighted by Gasteiger charge is -2.09. The SMILES string of the molecule is CC(C)CNCc1ncnn1-c1cc(F)c(F)c(F)c1. The molecule has 0 fully saturated rings. The third-order valence-electron chi connectivity index (χ3n) is 2.67. The summed E-state index contributed by atoms with van der Waals surface area (Å²) in [7, 11) is 0. The van der Waals surface area contributed by atoms with Crippen LogP contribution in [0.4, 0.5) is 13.2 Å². The van der Waals surface area contributed by atoms with Gasteiger partial charge < -0.3 is 5.32 Å². The molecule has 1 heterocycles. The van der Waals surface area contributed by atoms with Gasteiger partial charge in [0.2, 0.25) is 0 Å². The minimum atomic E-state index is -1.49. The Morgan fingerprint density at radius 3 is 2.45 bits per heavy atom. The average Bonchev–Trinajstić information content (AvgIpc) is 2.83. The fraction of sp³-hybridized carbons (Fsp3) is 0.385. The van der Waals surface area contributed by atoms with Crippen LogP contribution >= 0.6 is 0 Å². The quantitative estimate of drug-likeness (QED) is 0.858. The lowest BCUT2D eigenvalue weighted by Crippen LogP contribution is -2.21. The maximum atomic E-state index is 13.2. The van der Waals surface area contributed by atoms with Crippen molar-refractivity contribution in [2.75, 3.05) is 6.54 Å². The van der Waals surface area contributed by atoms with Crippen LogP contribution in [0, 0.1) is 23.4 Å². The third kappa shape index (κ3) is 3.16. The largest absolute Gasteiger partial charge is 0.310 e. The van der Waals surface area contributed by atoms with Gasteiger partial charge in [0.1, 0.15) is 12.2 Å². The van der Waals surface area contributed by atoms with Gasteiger partial charge in [0.15, 0.2) is 17.5 Å². The zero-order chi connectivity index (χ0) is 14.7. The number of hydrogen-bond donors (Lipinski definition) is 1. The zero-order valence-electron chi connectivity index (χ0n) is 11.2. The van der Waals surface area contributed by atoms with E-state index in [9.17, 15) is 13.2 Å². The van der Waals surface area contributed by atoms with Gasteiger partial charge in [-0.05, 0) is 12.5 Å². The van der Waals surface area contributed by atoms with Crippen molar-refractivity contribution in [2.24, 2.45) is 5.92 Å². The molecule has 2 aromatic rings. The molecule has 1 aromatic heterocycles. The lowest BCUT2D eigenvalue weighted by molar-refractivity contribution is 0.445. The molecule has 0 aliphatic heterocycles. The van der Waals surface area contributed by atoms with E-state index in [1.54, 1.807) is 0 Å². The summed E-state index contributed by atoms with van der Waals surface area (Å²) in [5, 5.41) is 7.06. The first-order valence-corrected chi connectivity index (χ1v) is 6.23. The lowest BCUT2D eigenvalue weighted by atomic mass is 10.2. The van der Waals surface area contributed by atoms with Crippen molar-refractivity contribution in [3.8, 4) is 5.69 Å². The summed E-state index contributed by atoms with van der Waals surface area (Å²) in [4.78, 5) is 4.02. The molecule has 2 rings (SSSR count). The second-order valence-electron chi connectivity index (χ2n) is 4.84. The fourth-order valence-electron chi connectivity index (χ4n) is 1.74. The number of benzene rings is 1. The van der Waals surface area contributed by atoms with E-state index in [0.29, 0.717) is 18.3 Å². The molecule has 0 aliphatic carbocycles. The van der Waals surface area contributed by atoms with Gasteiger partial charge in [0, 0.05) is 12.1 Å². The van der Waals surface area contributed by atoms with Crippen LogP contribution in [0.25, 0.3) is 5.69 Å². The molecule has 0 bridgehead atoms. The Balaban J connectivity index is 2.23. The highest BCUT2D eigenvalue weighted by molar-refractivity contribution is 5.33. The van der Waals surface area contributed by atoms with E-state index in [2.05, 4.69) is 29.2 Å². The standard InChI is InChI=1S/C13H15F3N4/c1-8(2)5-17-6-12-18-7-19-20(12)9-3-10(14)13(16)11(15)4-9/h3-4,7-8,17H,5-6H2,1-2H3. The Hall–Kier alpha value is -1.89. The maximum absolute atomic E-state index is 13.2. The highest BCUT2D eigenvalue weighted by atomic mass is 19.2. The van der Waals surface area contributed by atoms with E-state index in [0.717, 1.165) is 18.7 Å². The fourth-order valence-corrected chi connectivity index (χ4v) is 1.74. The summed E-state index contributed by atoms with van der Waals surface area (Å²) >= 11 is 0. The van der Waals surface area contributed by atoms with Crippen LogP contribution in [0.2, 0.25) is 0 Å². The van der Waals surface area contributed by atoms with E-state index in [1.807, 2.05) is 0 Å². The van der Waals surface area contributed by atoms with Crippen LogP contribution in [0.3, 0.4) is 0 Å². The molecular formula is C13H15F3N4. The summed E-state index contributed by atoms with van der Waals surface area (Å²) < 4.78 is 40.7. The Morgan fingerprint density at radius 2 is 1.85 bits per heavy atom. The first-order chi connectivity index (χ1) is 9.49. The second kappa shape index (κ2) is 6.04. The molecule has 0 unspecified atom stereocenters. The number of nitrogens with zero attached hydrogens (tertiary/aromatic N) is 3. The molecule has 0 saturated carbocycles. The topological polar surface area (TPSA) is 42.7 Å². The van der Waals surface area contributed by atoms with Gasteiger partial charge in [0.05, 0.1) is 12.2 Å². The molecule has 108 valence electrons. The third-order valence-corrected chi connectivity index (χ3v) is 2.67. The average molecular weight is 284 g/mol. The first kappa shape index (κ1) is 14.5. The summed E-state index contributed by atoms with van der Waals surface area (Å²) in [5.74, 6) is -3.04. The van der Waals surface area contributed by atoms with Crippen LogP contribution < -0.4 is 5.32 Å². The molecule has 0 radical (unpaired) electrons. The molecule has 0 saturated heterocycles. The molecule has 1 aromatic carbocycles. The molecule has 20 heavy (non-hydrogen) atoms. The Morgan fingerprint density at radius 1 is 1.20 bits per heavy atom. The van der Waals surface area contributed by atoms with Gasteiger partial charge in [-0.2, -0.15) is 5.10 Å². The smallest absolute Gasteiger partial charge is 0.194 e.